The van der Waals surface area contributed by atoms with E-state index in [1.54, 1.807) is 0 Å². The smallest absolute Gasteiger partial charge is 0.211 e. The maximum Gasteiger partial charge on any atom is 0.211 e. The number of aromatic nitrogens is 3. The van der Waals surface area contributed by atoms with E-state index in [1.807, 2.05) is 35.8 Å². The van der Waals surface area contributed by atoms with Crippen LogP contribution in [0.1, 0.15) is 18.7 Å². The molecule has 0 radical (unpaired) electrons. The van der Waals surface area contributed by atoms with Crippen molar-refractivity contribution in [2.24, 2.45) is 0 Å². The van der Waals surface area contributed by atoms with Gasteiger partial charge in [-0.15, -0.1) is 0 Å². The summed E-state index contributed by atoms with van der Waals surface area (Å²) in [6, 6.07) is 7.71. The Kier molecular flexibility index (Phi) is 4.13. The molecular weight excluding hydrogens is 366 g/mol. The van der Waals surface area contributed by atoms with Crippen molar-refractivity contribution in [3.8, 4) is 0 Å². The van der Waals surface area contributed by atoms with Crippen molar-refractivity contribution < 1.29 is 13.5 Å². The molecule has 27 heavy (non-hydrogen) atoms. The molecular formula is C18H23N5O3S. The van der Waals surface area contributed by atoms with E-state index in [0.717, 1.165) is 22.2 Å². The van der Waals surface area contributed by atoms with Crippen molar-refractivity contribution in [1.82, 2.24) is 18.8 Å². The van der Waals surface area contributed by atoms with Crippen LogP contribution in [0, 0.1) is 6.92 Å². The topological polar surface area (TPSA) is 114 Å². The van der Waals surface area contributed by atoms with Gasteiger partial charge in [-0.25, -0.2) is 22.7 Å². The molecule has 9 heteroatoms. The fourth-order valence-corrected chi connectivity index (χ4v) is 4.70. The van der Waals surface area contributed by atoms with E-state index in [9.17, 15) is 13.5 Å². The maximum atomic E-state index is 11.7. The molecule has 8 nitrogen and oxygen atoms in total. The van der Waals surface area contributed by atoms with Crippen LogP contribution in [-0.2, 0) is 16.6 Å². The molecule has 1 aliphatic heterocycles. The highest BCUT2D eigenvalue weighted by Gasteiger charge is 2.36. The highest BCUT2D eigenvalue weighted by molar-refractivity contribution is 7.88. The standard InChI is InChI=1S/C18H23N5O3S/c1-12-20-15-16(13-5-3-4-6-14(13)21-17(15)19)23(12)11-18(24)7-9-22(10-8-18)27(2,25)26/h3-6,24H,7-11H2,1-2H3,(H2,19,21). The van der Waals surface area contributed by atoms with Crippen LogP contribution in [-0.4, -0.2) is 57.3 Å². The van der Waals surface area contributed by atoms with Crippen molar-refractivity contribution in [2.75, 3.05) is 25.1 Å². The summed E-state index contributed by atoms with van der Waals surface area (Å²) in [6.07, 6.45) is 1.95. The first kappa shape index (κ1) is 18.1. The van der Waals surface area contributed by atoms with Crippen LogP contribution in [0.15, 0.2) is 24.3 Å². The molecule has 0 amide bonds. The van der Waals surface area contributed by atoms with Crippen molar-refractivity contribution >= 4 is 37.8 Å². The number of para-hydroxylation sites is 1. The van der Waals surface area contributed by atoms with Crippen LogP contribution in [0.4, 0.5) is 5.82 Å². The van der Waals surface area contributed by atoms with Gasteiger partial charge in [-0.1, -0.05) is 18.2 Å². The molecule has 0 atom stereocenters. The average Bonchev–Trinajstić information content (AvgIpc) is 2.92. The average molecular weight is 389 g/mol. The number of sulfonamides is 1. The van der Waals surface area contributed by atoms with E-state index in [4.69, 9.17) is 5.73 Å². The van der Waals surface area contributed by atoms with E-state index in [-0.39, 0.29) is 0 Å². The van der Waals surface area contributed by atoms with Crippen LogP contribution >= 0.6 is 0 Å². The van der Waals surface area contributed by atoms with Gasteiger partial charge in [-0.05, 0) is 25.8 Å². The van der Waals surface area contributed by atoms with Crippen LogP contribution in [0.3, 0.4) is 0 Å². The van der Waals surface area contributed by atoms with Crippen molar-refractivity contribution in [3.63, 3.8) is 0 Å². The fraction of sp³-hybridized carbons (Fsp3) is 0.444. The molecule has 1 fully saturated rings. The third-order valence-corrected chi connectivity index (χ3v) is 6.68. The quantitative estimate of drug-likeness (QED) is 0.697. The first-order chi connectivity index (χ1) is 12.7. The van der Waals surface area contributed by atoms with Gasteiger partial charge >= 0.3 is 0 Å². The molecule has 3 aromatic rings. The molecule has 1 aliphatic rings. The lowest BCUT2D eigenvalue weighted by atomic mass is 9.92. The molecule has 0 bridgehead atoms. The summed E-state index contributed by atoms with van der Waals surface area (Å²) in [7, 11) is -3.24. The molecule has 0 saturated carbocycles. The number of anilines is 1. The number of rotatable bonds is 3. The summed E-state index contributed by atoms with van der Waals surface area (Å²) in [5.41, 5.74) is 7.38. The maximum absolute atomic E-state index is 11.7. The molecule has 144 valence electrons. The second-order valence-corrected chi connectivity index (χ2v) is 9.33. The van der Waals surface area contributed by atoms with Gasteiger partial charge in [-0.3, -0.25) is 0 Å². The Hall–Kier alpha value is -2.23. The van der Waals surface area contributed by atoms with Gasteiger partial charge in [0.05, 0.1) is 29.4 Å². The van der Waals surface area contributed by atoms with Gasteiger partial charge in [0.2, 0.25) is 10.0 Å². The second kappa shape index (κ2) is 6.15. The number of hydrogen-bond acceptors (Lipinski definition) is 6. The number of imidazole rings is 1. The molecule has 2 aromatic heterocycles. The Balaban J connectivity index is 1.76. The largest absolute Gasteiger partial charge is 0.388 e. The zero-order chi connectivity index (χ0) is 19.4. The number of hydrogen-bond donors (Lipinski definition) is 2. The van der Waals surface area contributed by atoms with E-state index in [2.05, 4.69) is 9.97 Å². The Labute approximate surface area is 157 Å². The highest BCUT2D eigenvalue weighted by atomic mass is 32.2. The van der Waals surface area contributed by atoms with Crippen LogP contribution < -0.4 is 5.73 Å². The molecule has 1 aromatic carbocycles. The summed E-state index contributed by atoms with van der Waals surface area (Å²) < 4.78 is 26.9. The van der Waals surface area contributed by atoms with Gasteiger partial charge in [0.25, 0.3) is 0 Å². The molecule has 3 N–H and O–H groups in total. The van der Waals surface area contributed by atoms with Gasteiger partial charge in [0, 0.05) is 18.5 Å². The molecule has 1 saturated heterocycles. The summed E-state index contributed by atoms with van der Waals surface area (Å²) in [5.74, 6) is 1.11. The van der Waals surface area contributed by atoms with Gasteiger partial charge < -0.3 is 15.4 Å². The van der Waals surface area contributed by atoms with E-state index < -0.39 is 15.6 Å². The summed E-state index contributed by atoms with van der Waals surface area (Å²) in [6.45, 7) is 2.83. The molecule has 3 heterocycles. The lowest BCUT2D eigenvalue weighted by molar-refractivity contribution is -0.0188. The van der Waals surface area contributed by atoms with Crippen LogP contribution in [0.2, 0.25) is 0 Å². The minimum Gasteiger partial charge on any atom is -0.388 e. The Morgan fingerprint density at radius 2 is 1.89 bits per heavy atom. The van der Waals surface area contributed by atoms with Gasteiger partial charge in [0.1, 0.15) is 11.3 Å². The number of aliphatic hydroxyl groups is 1. The zero-order valence-corrected chi connectivity index (χ0v) is 16.2. The molecule has 0 aliphatic carbocycles. The predicted molar refractivity (Wildman–Crippen MR) is 105 cm³/mol. The van der Waals surface area contributed by atoms with Crippen LogP contribution in [0.5, 0.6) is 0 Å². The first-order valence-corrected chi connectivity index (χ1v) is 10.7. The number of nitrogens with zero attached hydrogens (tertiary/aromatic N) is 4. The molecule has 0 unspecified atom stereocenters. The normalized spacial score (nSPS) is 18.3. The number of piperidine rings is 1. The minimum absolute atomic E-state index is 0.311. The Morgan fingerprint density at radius 1 is 1.22 bits per heavy atom. The second-order valence-electron chi connectivity index (χ2n) is 7.34. The number of benzene rings is 1. The number of fused-ring (bicyclic) bond motifs is 3. The van der Waals surface area contributed by atoms with Gasteiger partial charge in [-0.2, -0.15) is 0 Å². The molecule has 4 rings (SSSR count). The third-order valence-electron chi connectivity index (χ3n) is 5.38. The van der Waals surface area contributed by atoms with Gasteiger partial charge in [0.15, 0.2) is 5.82 Å². The summed E-state index contributed by atoms with van der Waals surface area (Å²) in [4.78, 5) is 9.00. The fourth-order valence-electron chi connectivity index (χ4n) is 3.85. The molecule has 0 spiro atoms. The predicted octanol–water partition coefficient (Wildman–Crippen LogP) is 1.26. The lowest BCUT2D eigenvalue weighted by Gasteiger charge is -2.37. The first-order valence-electron chi connectivity index (χ1n) is 8.86. The lowest BCUT2D eigenvalue weighted by Crippen LogP contribution is -2.48. The van der Waals surface area contributed by atoms with Crippen molar-refractivity contribution in [3.05, 3.63) is 30.1 Å². The highest BCUT2D eigenvalue weighted by Crippen LogP contribution is 2.32. The minimum atomic E-state index is -3.24. The van der Waals surface area contributed by atoms with E-state index in [1.165, 1.54) is 10.6 Å². The van der Waals surface area contributed by atoms with Crippen LogP contribution in [0.25, 0.3) is 21.9 Å². The number of nitrogens with two attached hydrogens (primary N) is 1. The number of aryl methyl sites for hydroxylation is 1. The van der Waals surface area contributed by atoms with Crippen molar-refractivity contribution in [1.29, 1.82) is 0 Å². The number of nitrogen functional groups attached to an aromatic ring is 1. The summed E-state index contributed by atoms with van der Waals surface area (Å²) >= 11 is 0. The Bertz CT molecular complexity index is 1130. The summed E-state index contributed by atoms with van der Waals surface area (Å²) in [5, 5.41) is 12.1. The van der Waals surface area contributed by atoms with E-state index in [0.29, 0.717) is 43.8 Å². The number of pyridine rings is 1. The van der Waals surface area contributed by atoms with Crippen molar-refractivity contribution in [2.45, 2.75) is 31.9 Å². The third kappa shape index (κ3) is 3.15. The zero-order valence-electron chi connectivity index (χ0n) is 15.4. The Morgan fingerprint density at radius 3 is 2.56 bits per heavy atom. The monoisotopic (exact) mass is 389 g/mol. The van der Waals surface area contributed by atoms with E-state index >= 15 is 0 Å². The SMILES string of the molecule is Cc1nc2c(N)nc3ccccc3c2n1CC1(O)CCN(S(C)(=O)=O)CC1.